The highest BCUT2D eigenvalue weighted by Crippen LogP contribution is 2.07. The molecule has 0 spiro atoms. The zero-order valence-electron chi connectivity index (χ0n) is 13.0. The van der Waals surface area contributed by atoms with Crippen LogP contribution in [0.4, 0.5) is 5.82 Å². The summed E-state index contributed by atoms with van der Waals surface area (Å²) in [4.78, 5) is 20.3. The van der Waals surface area contributed by atoms with Gasteiger partial charge in [0.15, 0.2) is 0 Å². The Morgan fingerprint density at radius 3 is 2.73 bits per heavy atom. The minimum Gasteiger partial charge on any atom is -0.368 e. The van der Waals surface area contributed by atoms with Gasteiger partial charge in [0.2, 0.25) is 0 Å². The van der Waals surface area contributed by atoms with E-state index in [-0.39, 0.29) is 5.91 Å². The lowest BCUT2D eigenvalue weighted by molar-refractivity contribution is 0.0949. The van der Waals surface area contributed by atoms with E-state index in [0.29, 0.717) is 24.1 Å². The largest absolute Gasteiger partial charge is 0.368 e. The van der Waals surface area contributed by atoms with Crippen molar-refractivity contribution in [1.29, 1.82) is 0 Å². The van der Waals surface area contributed by atoms with Gasteiger partial charge in [-0.05, 0) is 25.3 Å². The summed E-state index contributed by atoms with van der Waals surface area (Å²) in [5, 5.41) is 6.12. The van der Waals surface area contributed by atoms with Crippen molar-refractivity contribution < 1.29 is 4.79 Å². The number of carbonyl (C=O) groups is 1. The first kappa shape index (κ1) is 15.9. The normalized spacial score (nSPS) is 11.7. The van der Waals surface area contributed by atoms with E-state index < -0.39 is 0 Å². The molecule has 5 heteroatoms. The van der Waals surface area contributed by atoms with Crippen LogP contribution in [0.1, 0.15) is 36.3 Å². The third kappa shape index (κ3) is 4.84. The molecule has 1 atom stereocenters. The van der Waals surface area contributed by atoms with Crippen LogP contribution in [0, 0.1) is 0 Å². The lowest BCUT2D eigenvalue weighted by Gasteiger charge is -2.12. The number of hydrogen-bond donors (Lipinski definition) is 2. The van der Waals surface area contributed by atoms with E-state index in [1.165, 1.54) is 11.9 Å². The third-order valence-corrected chi connectivity index (χ3v) is 3.45. The molecule has 0 aliphatic carbocycles. The molecule has 1 aromatic heterocycles. The van der Waals surface area contributed by atoms with Crippen LogP contribution in [0.15, 0.2) is 42.7 Å². The number of hydrogen-bond acceptors (Lipinski definition) is 4. The molecule has 1 unspecified atom stereocenters. The van der Waals surface area contributed by atoms with Gasteiger partial charge in [-0.2, -0.15) is 0 Å². The Morgan fingerprint density at radius 1 is 1.23 bits per heavy atom. The van der Waals surface area contributed by atoms with Gasteiger partial charge in [0, 0.05) is 18.7 Å². The van der Waals surface area contributed by atoms with Crippen LogP contribution in [-0.4, -0.2) is 28.5 Å². The van der Waals surface area contributed by atoms with E-state index >= 15 is 0 Å². The zero-order chi connectivity index (χ0) is 15.8. The predicted molar refractivity (Wildman–Crippen MR) is 87.9 cm³/mol. The van der Waals surface area contributed by atoms with Gasteiger partial charge >= 0.3 is 0 Å². The number of benzene rings is 1. The van der Waals surface area contributed by atoms with Gasteiger partial charge < -0.3 is 10.6 Å². The molecule has 22 heavy (non-hydrogen) atoms. The SMILES string of the molecule is CCC(C)Nc1cc(C(=O)NCCc2ccccc2)ncn1. The minimum absolute atomic E-state index is 0.175. The van der Waals surface area contributed by atoms with Gasteiger partial charge in [0.05, 0.1) is 0 Å². The van der Waals surface area contributed by atoms with E-state index in [1.54, 1.807) is 6.07 Å². The van der Waals surface area contributed by atoms with Crippen molar-refractivity contribution in [2.24, 2.45) is 0 Å². The highest BCUT2D eigenvalue weighted by molar-refractivity contribution is 5.92. The highest BCUT2D eigenvalue weighted by atomic mass is 16.1. The zero-order valence-corrected chi connectivity index (χ0v) is 13.0. The maximum absolute atomic E-state index is 12.1. The first-order valence-corrected chi connectivity index (χ1v) is 7.59. The van der Waals surface area contributed by atoms with E-state index in [9.17, 15) is 4.79 Å². The molecule has 5 nitrogen and oxygen atoms in total. The molecule has 0 saturated heterocycles. The van der Waals surface area contributed by atoms with Gasteiger partial charge in [-0.3, -0.25) is 4.79 Å². The Morgan fingerprint density at radius 2 is 2.00 bits per heavy atom. The maximum Gasteiger partial charge on any atom is 0.270 e. The Labute approximate surface area is 131 Å². The molecule has 116 valence electrons. The maximum atomic E-state index is 12.1. The van der Waals surface area contributed by atoms with E-state index in [1.807, 2.05) is 30.3 Å². The average molecular weight is 298 g/mol. The number of nitrogens with zero attached hydrogens (tertiary/aromatic N) is 2. The number of anilines is 1. The Hall–Kier alpha value is -2.43. The summed E-state index contributed by atoms with van der Waals surface area (Å²) in [5.41, 5.74) is 1.58. The molecule has 0 fully saturated rings. The molecule has 2 N–H and O–H groups in total. The van der Waals surface area contributed by atoms with Gasteiger partial charge in [0.1, 0.15) is 17.8 Å². The van der Waals surface area contributed by atoms with Crippen LogP contribution in [0.3, 0.4) is 0 Å². The smallest absolute Gasteiger partial charge is 0.270 e. The van der Waals surface area contributed by atoms with E-state index in [0.717, 1.165) is 12.8 Å². The molecular formula is C17H22N4O. The van der Waals surface area contributed by atoms with Crippen molar-refractivity contribution in [1.82, 2.24) is 15.3 Å². The van der Waals surface area contributed by atoms with Crippen molar-refractivity contribution in [3.8, 4) is 0 Å². The molecule has 2 aromatic rings. The number of amides is 1. The van der Waals surface area contributed by atoms with Gasteiger partial charge in [-0.25, -0.2) is 9.97 Å². The summed E-state index contributed by atoms with van der Waals surface area (Å²) in [5.74, 6) is 0.503. The van der Waals surface area contributed by atoms with Gasteiger partial charge in [0.25, 0.3) is 5.91 Å². The van der Waals surface area contributed by atoms with Gasteiger partial charge in [-0.15, -0.1) is 0 Å². The monoisotopic (exact) mass is 298 g/mol. The first-order chi connectivity index (χ1) is 10.7. The van der Waals surface area contributed by atoms with Crippen molar-refractivity contribution in [2.45, 2.75) is 32.7 Å². The Bertz CT molecular complexity index is 601. The van der Waals surface area contributed by atoms with Crippen LogP contribution in [0.25, 0.3) is 0 Å². The topological polar surface area (TPSA) is 66.9 Å². The quantitative estimate of drug-likeness (QED) is 0.824. The molecule has 1 amide bonds. The second-order valence-corrected chi connectivity index (χ2v) is 5.23. The number of aromatic nitrogens is 2. The van der Waals surface area contributed by atoms with Crippen LogP contribution < -0.4 is 10.6 Å². The molecular weight excluding hydrogens is 276 g/mol. The number of carbonyl (C=O) groups excluding carboxylic acids is 1. The molecule has 0 radical (unpaired) electrons. The van der Waals surface area contributed by atoms with E-state index in [4.69, 9.17) is 0 Å². The van der Waals surface area contributed by atoms with Crippen LogP contribution >= 0.6 is 0 Å². The molecule has 2 rings (SSSR count). The molecule has 1 aromatic carbocycles. The summed E-state index contributed by atoms with van der Waals surface area (Å²) in [7, 11) is 0. The fourth-order valence-electron chi connectivity index (χ4n) is 1.97. The molecule has 1 heterocycles. The summed E-state index contributed by atoms with van der Waals surface area (Å²) < 4.78 is 0. The first-order valence-electron chi connectivity index (χ1n) is 7.59. The molecule has 0 aliphatic rings. The summed E-state index contributed by atoms with van der Waals surface area (Å²) in [6.07, 6.45) is 3.20. The molecule has 0 aliphatic heterocycles. The van der Waals surface area contributed by atoms with Crippen molar-refractivity contribution >= 4 is 11.7 Å². The van der Waals surface area contributed by atoms with Crippen molar-refractivity contribution in [3.63, 3.8) is 0 Å². The Kier molecular flexibility index (Phi) is 5.89. The standard InChI is InChI=1S/C17H22N4O/c1-3-13(2)21-16-11-15(19-12-20-16)17(22)18-10-9-14-7-5-4-6-8-14/h4-8,11-13H,3,9-10H2,1-2H3,(H,18,22)(H,19,20,21). The second kappa shape index (κ2) is 8.12. The van der Waals surface area contributed by atoms with Gasteiger partial charge in [-0.1, -0.05) is 37.3 Å². The second-order valence-electron chi connectivity index (χ2n) is 5.23. The minimum atomic E-state index is -0.175. The van der Waals surface area contributed by atoms with Crippen molar-refractivity contribution in [3.05, 3.63) is 54.0 Å². The lowest BCUT2D eigenvalue weighted by Crippen LogP contribution is -2.27. The third-order valence-electron chi connectivity index (χ3n) is 3.45. The summed E-state index contributed by atoms with van der Waals surface area (Å²) in [6.45, 7) is 4.75. The van der Waals surface area contributed by atoms with E-state index in [2.05, 4.69) is 34.4 Å². The number of nitrogens with one attached hydrogen (secondary N) is 2. The molecule has 0 saturated carbocycles. The van der Waals surface area contributed by atoms with Crippen LogP contribution in [0.5, 0.6) is 0 Å². The highest BCUT2D eigenvalue weighted by Gasteiger charge is 2.09. The summed E-state index contributed by atoms with van der Waals surface area (Å²) >= 11 is 0. The fraction of sp³-hybridized carbons (Fsp3) is 0.353. The molecule has 0 bridgehead atoms. The summed E-state index contributed by atoms with van der Waals surface area (Å²) in [6, 6.07) is 12.1. The lowest BCUT2D eigenvalue weighted by atomic mass is 10.1. The Balaban J connectivity index is 1.88. The number of rotatable bonds is 7. The fourth-order valence-corrected chi connectivity index (χ4v) is 1.97. The predicted octanol–water partition coefficient (Wildman–Crippen LogP) is 2.66. The average Bonchev–Trinajstić information content (AvgIpc) is 2.56. The van der Waals surface area contributed by atoms with Crippen LogP contribution in [-0.2, 0) is 6.42 Å². The van der Waals surface area contributed by atoms with Crippen molar-refractivity contribution in [2.75, 3.05) is 11.9 Å². The van der Waals surface area contributed by atoms with Crippen LogP contribution in [0.2, 0.25) is 0 Å².